The van der Waals surface area contributed by atoms with Crippen LogP contribution in [-0.4, -0.2) is 47.6 Å². The van der Waals surface area contributed by atoms with Crippen LogP contribution in [0.15, 0.2) is 42.5 Å². The van der Waals surface area contributed by atoms with Crippen LogP contribution in [0.5, 0.6) is 0 Å². The van der Waals surface area contributed by atoms with Crippen molar-refractivity contribution >= 4 is 23.3 Å². The summed E-state index contributed by atoms with van der Waals surface area (Å²) in [6.45, 7) is 2.55. The minimum atomic E-state index is -0.328. The van der Waals surface area contributed by atoms with Gasteiger partial charge < -0.3 is 15.5 Å². The van der Waals surface area contributed by atoms with Gasteiger partial charge in [-0.05, 0) is 51.6 Å². The molecule has 7 heteroatoms. The molecule has 3 rings (SSSR count). The van der Waals surface area contributed by atoms with Crippen molar-refractivity contribution in [2.45, 2.75) is 31.6 Å². The Kier molecular flexibility index (Phi) is 6.26. The fourth-order valence-corrected chi connectivity index (χ4v) is 2.80. The van der Waals surface area contributed by atoms with Gasteiger partial charge in [-0.25, -0.2) is 0 Å². The average Bonchev–Trinajstić information content (AvgIpc) is 3.41. The number of carbonyl (C=O) groups is 2. The third-order valence-corrected chi connectivity index (χ3v) is 4.68. The molecule has 0 aliphatic heterocycles. The van der Waals surface area contributed by atoms with Gasteiger partial charge in [0.25, 0.3) is 0 Å². The summed E-state index contributed by atoms with van der Waals surface area (Å²) >= 11 is 0. The van der Waals surface area contributed by atoms with E-state index in [1.165, 1.54) is 18.9 Å². The molecule has 0 bridgehead atoms. The lowest BCUT2D eigenvalue weighted by molar-refractivity contribution is -0.117. The maximum Gasteiger partial charge on any atom is 0.248 e. The molecule has 1 aliphatic rings. The molecular formula is C21H27N5O2. The first-order chi connectivity index (χ1) is 13.4. The van der Waals surface area contributed by atoms with Crippen LogP contribution in [-0.2, 0) is 9.59 Å². The number of nitrogens with one attached hydrogen (secondary N) is 3. The zero-order valence-corrected chi connectivity index (χ0v) is 16.5. The molecule has 0 spiro atoms. The molecule has 1 aliphatic carbocycles. The molecule has 1 aromatic heterocycles. The Morgan fingerprint density at radius 1 is 1.25 bits per heavy atom. The van der Waals surface area contributed by atoms with Crippen LogP contribution in [0, 0.1) is 0 Å². The van der Waals surface area contributed by atoms with Crippen molar-refractivity contribution in [2.75, 3.05) is 31.3 Å². The number of carbonyl (C=O) groups excluding carboxylic acids is 2. The van der Waals surface area contributed by atoms with Gasteiger partial charge >= 0.3 is 0 Å². The number of nitrogens with zero attached hydrogens (tertiary/aromatic N) is 2. The van der Waals surface area contributed by atoms with Crippen molar-refractivity contribution < 1.29 is 9.59 Å². The molecule has 7 nitrogen and oxygen atoms in total. The minimum Gasteiger partial charge on any atom is -0.323 e. The minimum absolute atomic E-state index is 0.114. The molecule has 1 aromatic carbocycles. The SMILES string of the molecule is CC(C(=O)Nc1cc(C2CC2)[nH]n1)c1ccc(NC(=O)/C=C/CN(C)C)cc1. The van der Waals surface area contributed by atoms with Crippen LogP contribution in [0.1, 0.15) is 42.9 Å². The van der Waals surface area contributed by atoms with E-state index in [0.717, 1.165) is 11.3 Å². The molecule has 28 heavy (non-hydrogen) atoms. The number of hydrogen-bond donors (Lipinski definition) is 3. The molecule has 1 unspecified atom stereocenters. The monoisotopic (exact) mass is 381 g/mol. The Bertz CT molecular complexity index is 850. The molecule has 148 valence electrons. The van der Waals surface area contributed by atoms with E-state index < -0.39 is 0 Å². The normalized spacial score (nSPS) is 15.0. The van der Waals surface area contributed by atoms with E-state index in [2.05, 4.69) is 20.8 Å². The summed E-state index contributed by atoms with van der Waals surface area (Å²) in [5.74, 6) is 0.511. The topological polar surface area (TPSA) is 90.1 Å². The first-order valence-corrected chi connectivity index (χ1v) is 9.50. The van der Waals surface area contributed by atoms with Gasteiger partial charge in [0, 0.05) is 36.0 Å². The first kappa shape index (κ1) is 19.8. The molecule has 2 aromatic rings. The van der Waals surface area contributed by atoms with Gasteiger partial charge in [-0.3, -0.25) is 14.7 Å². The average molecular weight is 381 g/mol. The number of hydrogen-bond acceptors (Lipinski definition) is 4. The maximum absolute atomic E-state index is 12.5. The zero-order chi connectivity index (χ0) is 20.1. The van der Waals surface area contributed by atoms with Crippen LogP contribution in [0.2, 0.25) is 0 Å². The summed E-state index contributed by atoms with van der Waals surface area (Å²) in [5, 5.41) is 12.8. The maximum atomic E-state index is 12.5. The van der Waals surface area contributed by atoms with Gasteiger partial charge in [-0.2, -0.15) is 5.10 Å². The lowest BCUT2D eigenvalue weighted by Crippen LogP contribution is -2.19. The lowest BCUT2D eigenvalue weighted by Gasteiger charge is -2.12. The molecule has 2 amide bonds. The van der Waals surface area contributed by atoms with Gasteiger partial charge in [0.15, 0.2) is 5.82 Å². The Morgan fingerprint density at radius 3 is 2.61 bits per heavy atom. The second-order valence-electron chi connectivity index (χ2n) is 7.47. The predicted octanol–water partition coefficient (Wildman–Crippen LogP) is 3.09. The van der Waals surface area contributed by atoms with Crippen LogP contribution in [0.3, 0.4) is 0 Å². The number of anilines is 2. The Morgan fingerprint density at radius 2 is 1.96 bits per heavy atom. The van der Waals surface area contributed by atoms with Crippen molar-refractivity contribution in [3.63, 3.8) is 0 Å². The summed E-state index contributed by atoms with van der Waals surface area (Å²) in [6.07, 6.45) is 5.68. The van der Waals surface area contributed by atoms with Crippen molar-refractivity contribution in [1.82, 2.24) is 15.1 Å². The van der Waals surface area contributed by atoms with Crippen molar-refractivity contribution in [1.29, 1.82) is 0 Å². The van der Waals surface area contributed by atoms with Gasteiger partial charge in [-0.15, -0.1) is 0 Å². The smallest absolute Gasteiger partial charge is 0.248 e. The van der Waals surface area contributed by atoms with Gasteiger partial charge in [0.1, 0.15) is 0 Å². The number of likely N-dealkylation sites (N-methyl/N-ethyl adjacent to an activating group) is 1. The second kappa shape index (κ2) is 8.84. The van der Waals surface area contributed by atoms with E-state index in [1.54, 1.807) is 18.2 Å². The Labute approximate surface area is 165 Å². The molecule has 1 fully saturated rings. The highest BCUT2D eigenvalue weighted by Gasteiger charge is 2.26. The fourth-order valence-electron chi connectivity index (χ4n) is 2.80. The van der Waals surface area contributed by atoms with Crippen molar-refractivity contribution in [2.24, 2.45) is 0 Å². The van der Waals surface area contributed by atoms with Crippen LogP contribution in [0.4, 0.5) is 11.5 Å². The third kappa shape index (κ3) is 5.53. The fraction of sp³-hybridized carbons (Fsp3) is 0.381. The third-order valence-electron chi connectivity index (χ3n) is 4.68. The lowest BCUT2D eigenvalue weighted by atomic mass is 10.00. The van der Waals surface area contributed by atoms with E-state index in [4.69, 9.17) is 0 Å². The van der Waals surface area contributed by atoms with E-state index in [9.17, 15) is 9.59 Å². The Hall–Kier alpha value is -2.93. The zero-order valence-electron chi connectivity index (χ0n) is 16.5. The van der Waals surface area contributed by atoms with Crippen LogP contribution >= 0.6 is 0 Å². The summed E-state index contributed by atoms with van der Waals surface area (Å²) in [5.41, 5.74) is 2.65. The quantitative estimate of drug-likeness (QED) is 0.613. The number of amides is 2. The standard InChI is InChI=1S/C21H27N5O2/c1-14(21(28)23-19-13-18(24-25-19)16-6-7-16)15-8-10-17(11-9-15)22-20(27)5-4-12-26(2)3/h4-5,8-11,13-14,16H,6-7,12H2,1-3H3,(H,22,27)(H2,23,24,25,28)/b5-4+. The molecular weight excluding hydrogens is 354 g/mol. The summed E-state index contributed by atoms with van der Waals surface area (Å²) in [6, 6.07) is 9.21. The highest BCUT2D eigenvalue weighted by Crippen LogP contribution is 2.39. The van der Waals surface area contributed by atoms with Crippen molar-refractivity contribution in [3.05, 3.63) is 53.7 Å². The molecule has 1 saturated carbocycles. The van der Waals surface area contributed by atoms with Gasteiger partial charge in [0.2, 0.25) is 11.8 Å². The number of benzene rings is 1. The number of H-pyrrole nitrogens is 1. The van der Waals surface area contributed by atoms with Crippen LogP contribution < -0.4 is 10.6 Å². The molecule has 0 radical (unpaired) electrons. The van der Waals surface area contributed by atoms with Gasteiger partial charge in [0.05, 0.1) is 5.92 Å². The van der Waals surface area contributed by atoms with E-state index in [0.29, 0.717) is 24.0 Å². The van der Waals surface area contributed by atoms with Gasteiger partial charge in [-0.1, -0.05) is 18.2 Å². The van der Waals surface area contributed by atoms with Crippen molar-refractivity contribution in [3.8, 4) is 0 Å². The van der Waals surface area contributed by atoms with E-state index in [1.807, 2.05) is 44.1 Å². The van der Waals surface area contributed by atoms with E-state index >= 15 is 0 Å². The largest absolute Gasteiger partial charge is 0.323 e. The first-order valence-electron chi connectivity index (χ1n) is 9.50. The number of aromatic amines is 1. The predicted molar refractivity (Wildman–Crippen MR) is 110 cm³/mol. The highest BCUT2D eigenvalue weighted by atomic mass is 16.2. The summed E-state index contributed by atoms with van der Waals surface area (Å²) < 4.78 is 0. The van der Waals surface area contributed by atoms with E-state index in [-0.39, 0.29) is 17.7 Å². The molecule has 3 N–H and O–H groups in total. The van der Waals surface area contributed by atoms with Crippen LogP contribution in [0.25, 0.3) is 0 Å². The second-order valence-corrected chi connectivity index (χ2v) is 7.47. The highest BCUT2D eigenvalue weighted by molar-refractivity contribution is 5.99. The molecule has 1 heterocycles. The number of rotatable bonds is 8. The summed E-state index contributed by atoms with van der Waals surface area (Å²) in [4.78, 5) is 26.4. The summed E-state index contributed by atoms with van der Waals surface area (Å²) in [7, 11) is 3.88. The number of aromatic nitrogens is 2. The molecule has 0 saturated heterocycles. The Balaban J connectivity index is 1.53. The molecule has 1 atom stereocenters.